The summed E-state index contributed by atoms with van der Waals surface area (Å²) in [6.07, 6.45) is 1.52. The van der Waals surface area contributed by atoms with Crippen molar-refractivity contribution in [2.75, 3.05) is 5.73 Å². The van der Waals surface area contributed by atoms with Gasteiger partial charge in [-0.3, -0.25) is 0 Å². The molecule has 1 heterocycles. The molecular weight excluding hydrogens is 207 g/mol. The molecule has 2 rings (SSSR count). The fraction of sp³-hybridized carbons (Fsp3) is 0.0833. The molecule has 0 aliphatic rings. The number of halogens is 1. The molecule has 0 aliphatic carbocycles. The number of nitrogens with two attached hydrogens (primary N) is 1. The molecule has 1 aromatic carbocycles. The predicted octanol–water partition coefficient (Wildman–Crippen LogP) is 2.90. The summed E-state index contributed by atoms with van der Waals surface area (Å²) >= 11 is 0. The van der Waals surface area contributed by atoms with Gasteiger partial charge >= 0.3 is 0 Å². The predicted molar refractivity (Wildman–Crippen MR) is 59.9 cm³/mol. The van der Waals surface area contributed by atoms with E-state index in [2.05, 4.69) is 4.98 Å². The van der Waals surface area contributed by atoms with Gasteiger partial charge in [0.25, 0.3) is 0 Å². The molecule has 0 bridgehead atoms. The Morgan fingerprint density at radius 1 is 1.25 bits per heavy atom. The second-order valence-corrected chi connectivity index (χ2v) is 3.45. The molecular formula is C12H11FN2O. The summed E-state index contributed by atoms with van der Waals surface area (Å²) in [4.78, 5) is 4.05. The van der Waals surface area contributed by atoms with Crippen LogP contribution in [0.2, 0.25) is 0 Å². The number of aromatic nitrogens is 1. The molecule has 0 aliphatic heterocycles. The molecule has 82 valence electrons. The molecule has 0 radical (unpaired) electrons. The van der Waals surface area contributed by atoms with Gasteiger partial charge in [0, 0.05) is 5.56 Å². The minimum Gasteiger partial charge on any atom is -0.439 e. The number of benzene rings is 1. The first-order valence-corrected chi connectivity index (χ1v) is 4.81. The van der Waals surface area contributed by atoms with Crippen LogP contribution in [-0.2, 0) is 0 Å². The van der Waals surface area contributed by atoms with Gasteiger partial charge in [-0.1, -0.05) is 0 Å². The molecule has 0 saturated heterocycles. The van der Waals surface area contributed by atoms with Crippen LogP contribution in [0.4, 0.5) is 10.1 Å². The Hall–Kier alpha value is -2.10. The van der Waals surface area contributed by atoms with Crippen LogP contribution in [0.5, 0.6) is 11.6 Å². The standard InChI is InChI=1S/C12H11FN2O/c1-8-6-10(14)7-15-12(8)16-11-4-2-9(13)3-5-11/h2-7H,14H2,1H3. The van der Waals surface area contributed by atoms with Crippen molar-refractivity contribution < 1.29 is 9.13 Å². The Bertz CT molecular complexity index is 497. The number of hydrogen-bond donors (Lipinski definition) is 1. The number of hydrogen-bond acceptors (Lipinski definition) is 3. The average molecular weight is 218 g/mol. The summed E-state index contributed by atoms with van der Waals surface area (Å²) in [6, 6.07) is 7.54. The lowest BCUT2D eigenvalue weighted by molar-refractivity contribution is 0.457. The van der Waals surface area contributed by atoms with Crippen molar-refractivity contribution in [1.82, 2.24) is 4.98 Å². The van der Waals surface area contributed by atoms with E-state index < -0.39 is 0 Å². The Kier molecular flexibility index (Phi) is 2.72. The molecule has 16 heavy (non-hydrogen) atoms. The Morgan fingerprint density at radius 2 is 1.94 bits per heavy atom. The first-order valence-electron chi connectivity index (χ1n) is 4.81. The van der Waals surface area contributed by atoms with Crippen molar-refractivity contribution in [2.45, 2.75) is 6.92 Å². The number of aryl methyl sites for hydroxylation is 1. The van der Waals surface area contributed by atoms with Gasteiger partial charge < -0.3 is 10.5 Å². The molecule has 2 aromatic rings. The van der Waals surface area contributed by atoms with Crippen LogP contribution in [-0.4, -0.2) is 4.98 Å². The molecule has 0 atom stereocenters. The topological polar surface area (TPSA) is 48.1 Å². The third-order valence-corrected chi connectivity index (χ3v) is 2.08. The van der Waals surface area contributed by atoms with Crippen molar-refractivity contribution in [3.8, 4) is 11.6 Å². The van der Waals surface area contributed by atoms with Crippen molar-refractivity contribution in [2.24, 2.45) is 0 Å². The van der Waals surface area contributed by atoms with Gasteiger partial charge in [0.2, 0.25) is 5.88 Å². The van der Waals surface area contributed by atoms with E-state index >= 15 is 0 Å². The van der Waals surface area contributed by atoms with E-state index in [1.807, 2.05) is 6.92 Å². The molecule has 0 fully saturated rings. The highest BCUT2D eigenvalue weighted by atomic mass is 19.1. The lowest BCUT2D eigenvalue weighted by Crippen LogP contribution is -1.94. The minimum absolute atomic E-state index is 0.297. The Balaban J connectivity index is 2.23. The van der Waals surface area contributed by atoms with Gasteiger partial charge in [-0.2, -0.15) is 0 Å². The number of nitrogens with zero attached hydrogens (tertiary/aromatic N) is 1. The fourth-order valence-electron chi connectivity index (χ4n) is 1.31. The maximum Gasteiger partial charge on any atom is 0.222 e. The molecule has 1 aromatic heterocycles. The second kappa shape index (κ2) is 4.18. The van der Waals surface area contributed by atoms with Gasteiger partial charge in [-0.05, 0) is 37.3 Å². The number of pyridine rings is 1. The Morgan fingerprint density at radius 3 is 2.56 bits per heavy atom. The van der Waals surface area contributed by atoms with E-state index in [1.54, 1.807) is 18.2 Å². The Labute approximate surface area is 92.7 Å². The zero-order valence-corrected chi connectivity index (χ0v) is 8.77. The third kappa shape index (κ3) is 2.28. The highest BCUT2D eigenvalue weighted by molar-refractivity contribution is 5.43. The van der Waals surface area contributed by atoms with Crippen LogP contribution >= 0.6 is 0 Å². The van der Waals surface area contributed by atoms with E-state index in [0.717, 1.165) is 5.56 Å². The van der Waals surface area contributed by atoms with Gasteiger partial charge in [0.15, 0.2) is 0 Å². The normalized spacial score (nSPS) is 10.1. The fourth-order valence-corrected chi connectivity index (χ4v) is 1.31. The van der Waals surface area contributed by atoms with Gasteiger partial charge in [0.1, 0.15) is 11.6 Å². The van der Waals surface area contributed by atoms with Crippen molar-refractivity contribution >= 4 is 5.69 Å². The van der Waals surface area contributed by atoms with Crippen molar-refractivity contribution in [1.29, 1.82) is 0 Å². The van der Waals surface area contributed by atoms with Gasteiger partial charge in [-0.15, -0.1) is 0 Å². The summed E-state index contributed by atoms with van der Waals surface area (Å²) in [6.45, 7) is 1.85. The summed E-state index contributed by atoms with van der Waals surface area (Å²) in [5.74, 6) is 0.719. The smallest absolute Gasteiger partial charge is 0.222 e. The summed E-state index contributed by atoms with van der Waals surface area (Å²) < 4.78 is 18.2. The largest absolute Gasteiger partial charge is 0.439 e. The summed E-state index contributed by atoms with van der Waals surface area (Å²) in [7, 11) is 0. The lowest BCUT2D eigenvalue weighted by Gasteiger charge is -2.07. The molecule has 0 unspecified atom stereocenters. The zero-order chi connectivity index (χ0) is 11.5. The van der Waals surface area contributed by atoms with Crippen LogP contribution in [0.3, 0.4) is 0 Å². The van der Waals surface area contributed by atoms with Crippen LogP contribution < -0.4 is 10.5 Å². The second-order valence-electron chi connectivity index (χ2n) is 3.45. The van der Waals surface area contributed by atoms with Gasteiger partial charge in [-0.25, -0.2) is 9.37 Å². The lowest BCUT2D eigenvalue weighted by atomic mass is 10.3. The van der Waals surface area contributed by atoms with E-state index in [9.17, 15) is 4.39 Å². The maximum absolute atomic E-state index is 12.7. The number of ether oxygens (including phenoxy) is 1. The summed E-state index contributed by atoms with van der Waals surface area (Å²) in [5.41, 5.74) is 7.00. The number of nitrogen functional groups attached to an aromatic ring is 1. The molecule has 0 amide bonds. The van der Waals surface area contributed by atoms with Crippen LogP contribution in [0.25, 0.3) is 0 Å². The minimum atomic E-state index is -0.297. The highest BCUT2D eigenvalue weighted by Crippen LogP contribution is 2.23. The first kappa shape index (κ1) is 10.4. The number of anilines is 1. The number of rotatable bonds is 2. The SMILES string of the molecule is Cc1cc(N)cnc1Oc1ccc(F)cc1. The molecule has 3 nitrogen and oxygen atoms in total. The van der Waals surface area contributed by atoms with Crippen LogP contribution in [0, 0.1) is 12.7 Å². The third-order valence-electron chi connectivity index (χ3n) is 2.08. The van der Waals surface area contributed by atoms with Gasteiger partial charge in [0.05, 0.1) is 11.9 Å². The average Bonchev–Trinajstić information content (AvgIpc) is 2.25. The highest BCUT2D eigenvalue weighted by Gasteiger charge is 2.03. The van der Waals surface area contributed by atoms with E-state index in [0.29, 0.717) is 17.3 Å². The maximum atomic E-state index is 12.7. The molecule has 0 saturated carbocycles. The van der Waals surface area contributed by atoms with Crippen LogP contribution in [0.1, 0.15) is 5.56 Å². The monoisotopic (exact) mass is 218 g/mol. The molecule has 2 N–H and O–H groups in total. The summed E-state index contributed by atoms with van der Waals surface area (Å²) in [5, 5.41) is 0. The zero-order valence-electron chi connectivity index (χ0n) is 8.77. The first-order chi connectivity index (χ1) is 7.65. The van der Waals surface area contributed by atoms with Crippen molar-refractivity contribution in [3.05, 3.63) is 47.9 Å². The quantitative estimate of drug-likeness (QED) is 0.843. The van der Waals surface area contributed by atoms with Crippen LogP contribution in [0.15, 0.2) is 36.5 Å². The van der Waals surface area contributed by atoms with E-state index in [-0.39, 0.29) is 5.82 Å². The van der Waals surface area contributed by atoms with E-state index in [4.69, 9.17) is 10.5 Å². The van der Waals surface area contributed by atoms with E-state index in [1.165, 1.54) is 18.3 Å². The molecule has 0 spiro atoms. The molecule has 4 heteroatoms. The van der Waals surface area contributed by atoms with Crippen molar-refractivity contribution in [3.63, 3.8) is 0 Å².